The molecular formula is C14H15FN4S. The molecule has 0 aliphatic rings. The van der Waals surface area contributed by atoms with Crippen LogP contribution in [-0.4, -0.2) is 14.5 Å². The minimum absolute atomic E-state index is 0.0204. The molecule has 6 heteroatoms. The van der Waals surface area contributed by atoms with E-state index in [0.717, 1.165) is 15.6 Å². The number of anilines is 1. The molecule has 0 spiro atoms. The molecule has 2 heterocycles. The van der Waals surface area contributed by atoms with Gasteiger partial charge in [-0.25, -0.2) is 14.4 Å². The van der Waals surface area contributed by atoms with E-state index in [4.69, 9.17) is 5.73 Å². The number of nitrogens with two attached hydrogens (primary N) is 1. The molecule has 0 amide bonds. The summed E-state index contributed by atoms with van der Waals surface area (Å²) in [6.45, 7) is 5.98. The van der Waals surface area contributed by atoms with E-state index < -0.39 is 0 Å². The Bertz CT molecular complexity index is 790. The van der Waals surface area contributed by atoms with Crippen molar-refractivity contribution in [3.05, 3.63) is 39.6 Å². The molecule has 0 fully saturated rings. The molecule has 1 atom stereocenters. The highest BCUT2D eigenvalue weighted by Crippen LogP contribution is 2.32. The smallest absolute Gasteiger partial charge is 0.201 e. The number of aryl methyl sites for hydroxylation is 2. The zero-order valence-electron chi connectivity index (χ0n) is 11.5. The molecule has 0 saturated heterocycles. The zero-order valence-corrected chi connectivity index (χ0v) is 12.3. The first-order valence-corrected chi connectivity index (χ1v) is 7.16. The average Bonchev–Trinajstić information content (AvgIpc) is 2.89. The van der Waals surface area contributed by atoms with E-state index in [2.05, 4.69) is 9.97 Å². The van der Waals surface area contributed by atoms with Gasteiger partial charge in [0.15, 0.2) is 5.82 Å². The van der Waals surface area contributed by atoms with Crippen LogP contribution in [0.25, 0.3) is 11.0 Å². The molecule has 2 N–H and O–H groups in total. The van der Waals surface area contributed by atoms with Gasteiger partial charge >= 0.3 is 0 Å². The van der Waals surface area contributed by atoms with Crippen LogP contribution >= 0.6 is 11.3 Å². The standard InChI is InChI=1S/C14H15FN4S/c1-7-13(20-9(3)17-7)8(2)19-11-6-4-5-10(15)12(11)18-14(19)16/h4-6,8H,1-3H3,(H2,16,18). The first-order valence-electron chi connectivity index (χ1n) is 6.35. The normalized spacial score (nSPS) is 13.0. The van der Waals surface area contributed by atoms with Gasteiger partial charge in [-0.2, -0.15) is 0 Å². The lowest BCUT2D eigenvalue weighted by molar-refractivity contribution is 0.637. The van der Waals surface area contributed by atoms with Crippen LogP contribution in [0.5, 0.6) is 0 Å². The lowest BCUT2D eigenvalue weighted by Gasteiger charge is -2.15. The van der Waals surface area contributed by atoms with Gasteiger partial charge in [0.1, 0.15) is 5.52 Å². The van der Waals surface area contributed by atoms with E-state index in [0.29, 0.717) is 17.0 Å². The monoisotopic (exact) mass is 290 g/mol. The van der Waals surface area contributed by atoms with Gasteiger partial charge in [-0.15, -0.1) is 11.3 Å². The Morgan fingerprint density at radius 2 is 2.05 bits per heavy atom. The fraction of sp³-hybridized carbons (Fsp3) is 0.286. The van der Waals surface area contributed by atoms with Crippen LogP contribution in [0.1, 0.15) is 28.5 Å². The molecule has 0 saturated carbocycles. The number of hydrogen-bond acceptors (Lipinski definition) is 4. The Hall–Kier alpha value is -1.95. The fourth-order valence-electron chi connectivity index (χ4n) is 2.56. The molecule has 3 aromatic rings. The summed E-state index contributed by atoms with van der Waals surface area (Å²) in [6.07, 6.45) is 0. The summed E-state index contributed by atoms with van der Waals surface area (Å²) in [5.41, 5.74) is 7.99. The second-order valence-corrected chi connectivity index (χ2v) is 6.04. The number of benzene rings is 1. The first kappa shape index (κ1) is 13.1. The highest BCUT2D eigenvalue weighted by molar-refractivity contribution is 7.11. The van der Waals surface area contributed by atoms with Crippen molar-refractivity contribution in [1.29, 1.82) is 0 Å². The minimum atomic E-state index is -0.350. The van der Waals surface area contributed by atoms with Crippen LogP contribution in [0.3, 0.4) is 0 Å². The highest BCUT2D eigenvalue weighted by Gasteiger charge is 2.20. The quantitative estimate of drug-likeness (QED) is 0.786. The molecule has 0 aliphatic carbocycles. The SMILES string of the molecule is Cc1nc(C)c(C(C)n2c(N)nc3c(F)cccc32)s1. The minimum Gasteiger partial charge on any atom is -0.369 e. The summed E-state index contributed by atoms with van der Waals surface area (Å²) in [7, 11) is 0. The lowest BCUT2D eigenvalue weighted by atomic mass is 10.2. The van der Waals surface area contributed by atoms with E-state index in [1.54, 1.807) is 17.4 Å². The predicted molar refractivity (Wildman–Crippen MR) is 79.5 cm³/mol. The van der Waals surface area contributed by atoms with E-state index in [1.807, 2.05) is 31.4 Å². The third-order valence-electron chi connectivity index (χ3n) is 3.40. The van der Waals surface area contributed by atoms with Gasteiger partial charge in [-0.3, -0.25) is 0 Å². The number of nitrogen functional groups attached to an aromatic ring is 1. The van der Waals surface area contributed by atoms with Crippen LogP contribution in [-0.2, 0) is 0 Å². The Balaban J connectivity index is 2.21. The number of nitrogens with zero attached hydrogens (tertiary/aromatic N) is 3. The Labute approximate surface area is 120 Å². The van der Waals surface area contributed by atoms with Crippen LogP contribution in [0.4, 0.5) is 10.3 Å². The number of aromatic nitrogens is 3. The Morgan fingerprint density at radius 3 is 2.70 bits per heavy atom. The van der Waals surface area contributed by atoms with Gasteiger partial charge < -0.3 is 10.3 Å². The van der Waals surface area contributed by atoms with Crippen molar-refractivity contribution in [3.8, 4) is 0 Å². The summed E-state index contributed by atoms with van der Waals surface area (Å²) in [5, 5.41) is 1.01. The van der Waals surface area contributed by atoms with E-state index in [1.165, 1.54) is 6.07 Å². The molecular weight excluding hydrogens is 275 g/mol. The van der Waals surface area contributed by atoms with Gasteiger partial charge in [-0.05, 0) is 32.9 Å². The predicted octanol–water partition coefficient (Wildman–Crippen LogP) is 3.44. The van der Waals surface area contributed by atoms with Gasteiger partial charge in [0.2, 0.25) is 5.95 Å². The molecule has 0 radical (unpaired) electrons. The maximum Gasteiger partial charge on any atom is 0.201 e. The molecule has 3 rings (SSSR count). The highest BCUT2D eigenvalue weighted by atomic mass is 32.1. The van der Waals surface area contributed by atoms with E-state index >= 15 is 0 Å². The second-order valence-electron chi connectivity index (χ2n) is 4.81. The Kier molecular flexibility index (Phi) is 2.97. The topological polar surface area (TPSA) is 56.7 Å². The van der Waals surface area contributed by atoms with Crippen LogP contribution in [0, 0.1) is 19.7 Å². The molecule has 104 valence electrons. The van der Waals surface area contributed by atoms with Crippen molar-refractivity contribution in [1.82, 2.24) is 14.5 Å². The van der Waals surface area contributed by atoms with Gasteiger partial charge in [0.05, 0.1) is 27.1 Å². The average molecular weight is 290 g/mol. The number of fused-ring (bicyclic) bond motifs is 1. The van der Waals surface area contributed by atoms with Crippen molar-refractivity contribution in [2.75, 3.05) is 5.73 Å². The third kappa shape index (κ3) is 1.87. The van der Waals surface area contributed by atoms with E-state index in [-0.39, 0.29) is 11.9 Å². The largest absolute Gasteiger partial charge is 0.369 e. The molecule has 2 aromatic heterocycles. The third-order valence-corrected chi connectivity index (χ3v) is 4.65. The summed E-state index contributed by atoms with van der Waals surface area (Å²) >= 11 is 1.63. The van der Waals surface area contributed by atoms with Crippen LogP contribution in [0.15, 0.2) is 18.2 Å². The Morgan fingerprint density at radius 1 is 1.30 bits per heavy atom. The molecule has 1 aromatic carbocycles. The van der Waals surface area contributed by atoms with Crippen molar-refractivity contribution in [2.24, 2.45) is 0 Å². The van der Waals surface area contributed by atoms with Crippen molar-refractivity contribution >= 4 is 28.3 Å². The molecule has 1 unspecified atom stereocenters. The number of thiazole rings is 1. The number of halogens is 1. The lowest BCUT2D eigenvalue weighted by Crippen LogP contribution is -2.10. The van der Waals surface area contributed by atoms with Crippen molar-refractivity contribution in [2.45, 2.75) is 26.8 Å². The molecule has 20 heavy (non-hydrogen) atoms. The van der Waals surface area contributed by atoms with Gasteiger partial charge in [0.25, 0.3) is 0 Å². The first-order chi connectivity index (χ1) is 9.49. The molecule has 0 bridgehead atoms. The number of hydrogen-bond donors (Lipinski definition) is 1. The zero-order chi connectivity index (χ0) is 14.4. The maximum absolute atomic E-state index is 13.8. The van der Waals surface area contributed by atoms with Gasteiger partial charge in [0, 0.05) is 0 Å². The summed E-state index contributed by atoms with van der Waals surface area (Å²) in [5.74, 6) is -0.0274. The maximum atomic E-state index is 13.8. The van der Waals surface area contributed by atoms with Crippen LogP contribution < -0.4 is 5.73 Å². The summed E-state index contributed by atoms with van der Waals surface area (Å²) < 4.78 is 15.6. The molecule has 0 aliphatic heterocycles. The van der Waals surface area contributed by atoms with E-state index in [9.17, 15) is 4.39 Å². The van der Waals surface area contributed by atoms with Gasteiger partial charge in [-0.1, -0.05) is 6.07 Å². The number of imidazole rings is 1. The van der Waals surface area contributed by atoms with Crippen molar-refractivity contribution < 1.29 is 4.39 Å². The molecule has 4 nitrogen and oxygen atoms in total. The number of para-hydroxylation sites is 1. The fourth-order valence-corrected chi connectivity index (χ4v) is 3.53. The number of rotatable bonds is 2. The van der Waals surface area contributed by atoms with Crippen LogP contribution in [0.2, 0.25) is 0 Å². The van der Waals surface area contributed by atoms with Crippen molar-refractivity contribution in [3.63, 3.8) is 0 Å². The second kappa shape index (κ2) is 4.56. The summed E-state index contributed by atoms with van der Waals surface area (Å²) in [4.78, 5) is 9.71. The summed E-state index contributed by atoms with van der Waals surface area (Å²) in [6, 6.07) is 4.88.